The lowest BCUT2D eigenvalue weighted by molar-refractivity contribution is -0.138. The number of aliphatic carboxylic acids is 1. The molecule has 0 heterocycles. The molecule has 0 saturated carbocycles. The van der Waals surface area contributed by atoms with Crippen molar-refractivity contribution in [3.63, 3.8) is 0 Å². The minimum atomic E-state index is -4.51. The number of carboxylic acid groups (broad SMARTS) is 1. The number of carbonyl (C=O) groups is 2. The molecule has 0 saturated heterocycles. The molecule has 2 N–H and O–H groups in total. The summed E-state index contributed by atoms with van der Waals surface area (Å²) in [6.45, 7) is 0.983. The molecule has 5 nitrogen and oxygen atoms in total. The van der Waals surface area contributed by atoms with Gasteiger partial charge in [0.05, 0.1) is 5.56 Å². The minimum Gasteiger partial charge on any atom is -0.480 e. The molecule has 110 valence electrons. The van der Waals surface area contributed by atoms with Crippen molar-refractivity contribution in [1.82, 2.24) is 4.90 Å². The van der Waals surface area contributed by atoms with Crippen LogP contribution < -0.4 is 5.32 Å². The van der Waals surface area contributed by atoms with Crippen LogP contribution in [-0.2, 0) is 11.0 Å². The Hall–Kier alpha value is -2.25. The largest absolute Gasteiger partial charge is 0.480 e. The topological polar surface area (TPSA) is 69.6 Å². The van der Waals surface area contributed by atoms with Gasteiger partial charge in [-0.25, -0.2) is 4.79 Å². The van der Waals surface area contributed by atoms with Gasteiger partial charge in [0.2, 0.25) is 0 Å². The van der Waals surface area contributed by atoms with Gasteiger partial charge in [-0.2, -0.15) is 13.2 Å². The standard InChI is InChI=1S/C12H13F3N2O3/c1-7-3-4-8(12(13,14)15)5-9(7)16-11(20)17(2)6-10(18)19/h3-5H,6H2,1-2H3,(H,16,20)(H,18,19). The van der Waals surface area contributed by atoms with E-state index in [2.05, 4.69) is 5.32 Å². The maximum Gasteiger partial charge on any atom is 0.416 e. The van der Waals surface area contributed by atoms with Gasteiger partial charge >= 0.3 is 18.2 Å². The summed E-state index contributed by atoms with van der Waals surface area (Å²) in [5.41, 5.74) is -0.462. The lowest BCUT2D eigenvalue weighted by Gasteiger charge is -2.17. The van der Waals surface area contributed by atoms with Crippen LogP contribution in [0.4, 0.5) is 23.7 Å². The first-order chi connectivity index (χ1) is 9.11. The summed E-state index contributed by atoms with van der Waals surface area (Å²) in [4.78, 5) is 22.9. The molecular formula is C12H13F3N2O3. The number of amides is 2. The van der Waals surface area contributed by atoms with Crippen molar-refractivity contribution < 1.29 is 27.9 Å². The van der Waals surface area contributed by atoms with Gasteiger partial charge in [-0.05, 0) is 24.6 Å². The van der Waals surface area contributed by atoms with E-state index in [-0.39, 0.29) is 5.69 Å². The zero-order chi connectivity index (χ0) is 15.5. The number of benzene rings is 1. The first-order valence-electron chi connectivity index (χ1n) is 5.53. The van der Waals surface area contributed by atoms with Crippen LogP contribution in [0.15, 0.2) is 18.2 Å². The summed E-state index contributed by atoms with van der Waals surface area (Å²) in [6, 6.07) is 2.15. The number of hydrogen-bond acceptors (Lipinski definition) is 2. The Morgan fingerprint density at radius 1 is 1.35 bits per heavy atom. The third kappa shape index (κ3) is 4.15. The molecule has 0 spiro atoms. The molecule has 0 aliphatic rings. The van der Waals surface area contributed by atoms with Crippen molar-refractivity contribution in [2.75, 3.05) is 18.9 Å². The van der Waals surface area contributed by atoms with E-state index in [0.29, 0.717) is 5.56 Å². The van der Waals surface area contributed by atoms with Crippen LogP contribution in [0.3, 0.4) is 0 Å². The summed E-state index contributed by atoms with van der Waals surface area (Å²) < 4.78 is 37.7. The molecule has 0 atom stereocenters. The smallest absolute Gasteiger partial charge is 0.416 e. The van der Waals surface area contributed by atoms with E-state index in [0.717, 1.165) is 17.0 Å². The first kappa shape index (κ1) is 15.8. The van der Waals surface area contributed by atoms with E-state index >= 15 is 0 Å². The van der Waals surface area contributed by atoms with Crippen LogP contribution in [0.5, 0.6) is 0 Å². The number of alkyl halides is 3. The van der Waals surface area contributed by atoms with Crippen molar-refractivity contribution in [3.8, 4) is 0 Å². The average Bonchev–Trinajstić information content (AvgIpc) is 2.29. The summed E-state index contributed by atoms with van der Waals surface area (Å²) in [5.74, 6) is -1.22. The van der Waals surface area contributed by atoms with Crippen molar-refractivity contribution >= 4 is 17.7 Å². The highest BCUT2D eigenvalue weighted by atomic mass is 19.4. The SMILES string of the molecule is Cc1ccc(C(F)(F)F)cc1NC(=O)N(C)CC(=O)O. The molecule has 0 fully saturated rings. The summed E-state index contributed by atoms with van der Waals surface area (Å²) in [7, 11) is 1.23. The van der Waals surface area contributed by atoms with Gasteiger partial charge in [-0.15, -0.1) is 0 Å². The number of anilines is 1. The van der Waals surface area contributed by atoms with Gasteiger partial charge in [-0.1, -0.05) is 6.07 Å². The van der Waals surface area contributed by atoms with Gasteiger partial charge < -0.3 is 15.3 Å². The lowest BCUT2D eigenvalue weighted by Crippen LogP contribution is -2.35. The van der Waals surface area contributed by atoms with Gasteiger partial charge in [0.25, 0.3) is 0 Å². The molecule has 0 aromatic heterocycles. The van der Waals surface area contributed by atoms with Crippen LogP contribution in [-0.4, -0.2) is 35.6 Å². The van der Waals surface area contributed by atoms with Crippen LogP contribution in [0, 0.1) is 6.92 Å². The van der Waals surface area contributed by atoms with Crippen molar-refractivity contribution in [1.29, 1.82) is 0 Å². The highest BCUT2D eigenvalue weighted by molar-refractivity contribution is 5.91. The highest BCUT2D eigenvalue weighted by Gasteiger charge is 2.31. The molecule has 0 bridgehead atoms. The number of carbonyl (C=O) groups excluding carboxylic acids is 1. The Morgan fingerprint density at radius 3 is 2.45 bits per heavy atom. The van der Waals surface area contributed by atoms with Crippen LogP contribution in [0.2, 0.25) is 0 Å². The van der Waals surface area contributed by atoms with Gasteiger partial charge in [-0.3, -0.25) is 4.79 Å². The number of urea groups is 1. The maximum absolute atomic E-state index is 12.6. The number of hydrogen-bond donors (Lipinski definition) is 2. The molecule has 1 aromatic carbocycles. The fraction of sp³-hybridized carbons (Fsp3) is 0.333. The minimum absolute atomic E-state index is 0.0120. The predicted molar refractivity (Wildman–Crippen MR) is 65.5 cm³/mol. The number of nitrogens with one attached hydrogen (secondary N) is 1. The van der Waals surface area contributed by atoms with Crippen molar-refractivity contribution in [2.24, 2.45) is 0 Å². The van der Waals surface area contributed by atoms with Crippen LogP contribution in [0.1, 0.15) is 11.1 Å². The fourth-order valence-corrected chi connectivity index (χ4v) is 1.42. The lowest BCUT2D eigenvalue weighted by atomic mass is 10.1. The average molecular weight is 290 g/mol. The molecule has 0 unspecified atom stereocenters. The quantitative estimate of drug-likeness (QED) is 0.898. The molecule has 8 heteroatoms. The van der Waals surface area contributed by atoms with E-state index in [4.69, 9.17) is 5.11 Å². The Bertz CT molecular complexity index is 529. The monoisotopic (exact) mass is 290 g/mol. The number of carboxylic acids is 1. The van der Waals surface area contributed by atoms with Gasteiger partial charge in [0.1, 0.15) is 6.54 Å². The normalized spacial score (nSPS) is 11.1. The Labute approximate surface area is 113 Å². The molecule has 0 aliphatic carbocycles. The number of halogens is 3. The third-order valence-electron chi connectivity index (χ3n) is 2.53. The van der Waals surface area contributed by atoms with E-state index in [1.807, 2.05) is 0 Å². The number of likely N-dealkylation sites (N-methyl/N-ethyl adjacent to an activating group) is 1. The van der Waals surface area contributed by atoms with E-state index < -0.39 is 30.3 Å². The van der Waals surface area contributed by atoms with Gasteiger partial charge in [0, 0.05) is 12.7 Å². The van der Waals surface area contributed by atoms with E-state index in [1.54, 1.807) is 0 Å². The van der Waals surface area contributed by atoms with E-state index in [9.17, 15) is 22.8 Å². The van der Waals surface area contributed by atoms with Crippen LogP contribution >= 0.6 is 0 Å². The predicted octanol–water partition coefficient (Wildman–Crippen LogP) is 2.56. The second-order valence-electron chi connectivity index (χ2n) is 4.21. The summed E-state index contributed by atoms with van der Waals surface area (Å²) in [5, 5.41) is 10.8. The molecule has 2 amide bonds. The second kappa shape index (κ2) is 5.81. The fourth-order valence-electron chi connectivity index (χ4n) is 1.42. The Balaban J connectivity index is 2.92. The van der Waals surface area contributed by atoms with Crippen molar-refractivity contribution in [3.05, 3.63) is 29.3 Å². The molecule has 0 aliphatic heterocycles. The molecule has 20 heavy (non-hydrogen) atoms. The maximum atomic E-state index is 12.6. The molecular weight excluding hydrogens is 277 g/mol. The number of aryl methyl sites for hydroxylation is 1. The first-order valence-corrected chi connectivity index (χ1v) is 5.53. The summed E-state index contributed by atoms with van der Waals surface area (Å²) in [6.07, 6.45) is -4.51. The molecule has 1 aromatic rings. The Morgan fingerprint density at radius 2 is 1.95 bits per heavy atom. The van der Waals surface area contributed by atoms with Crippen molar-refractivity contribution in [2.45, 2.75) is 13.1 Å². The molecule has 0 radical (unpaired) electrons. The zero-order valence-electron chi connectivity index (χ0n) is 10.8. The third-order valence-corrected chi connectivity index (χ3v) is 2.53. The number of rotatable bonds is 3. The van der Waals surface area contributed by atoms with Gasteiger partial charge in [0.15, 0.2) is 0 Å². The van der Waals surface area contributed by atoms with Crippen LogP contribution in [0.25, 0.3) is 0 Å². The second-order valence-corrected chi connectivity index (χ2v) is 4.21. The van der Waals surface area contributed by atoms with E-state index in [1.165, 1.54) is 20.0 Å². The highest BCUT2D eigenvalue weighted by Crippen LogP contribution is 2.32. The molecule has 1 rings (SSSR count). The Kier molecular flexibility index (Phi) is 4.59. The zero-order valence-corrected chi connectivity index (χ0v) is 10.8. The number of nitrogens with zero attached hydrogens (tertiary/aromatic N) is 1. The summed E-state index contributed by atoms with van der Waals surface area (Å²) >= 11 is 0.